The standard InChI is InChI=1S/C13H9FN2O4/c14-11-7-10(17)4-5-12(11)15-13(18)8-2-1-3-9(6-8)16(19)20/h1-7,17H,(H,15,18). The van der Waals surface area contributed by atoms with Gasteiger partial charge >= 0.3 is 0 Å². The van der Waals surface area contributed by atoms with Crippen molar-refractivity contribution in [3.8, 4) is 5.75 Å². The monoisotopic (exact) mass is 276 g/mol. The van der Waals surface area contributed by atoms with Crippen molar-refractivity contribution in [2.24, 2.45) is 0 Å². The number of anilines is 1. The fraction of sp³-hybridized carbons (Fsp3) is 0. The Bertz CT molecular complexity index is 688. The van der Waals surface area contributed by atoms with Crippen molar-refractivity contribution in [3.05, 3.63) is 64.0 Å². The van der Waals surface area contributed by atoms with Gasteiger partial charge in [-0.05, 0) is 18.2 Å². The van der Waals surface area contributed by atoms with E-state index < -0.39 is 16.6 Å². The Morgan fingerprint density at radius 2 is 2.00 bits per heavy atom. The van der Waals surface area contributed by atoms with Gasteiger partial charge in [0.1, 0.15) is 11.6 Å². The van der Waals surface area contributed by atoms with Gasteiger partial charge in [0, 0.05) is 23.8 Å². The predicted octanol–water partition coefficient (Wildman–Crippen LogP) is 2.69. The molecule has 0 heterocycles. The second-order valence-electron chi connectivity index (χ2n) is 3.93. The van der Waals surface area contributed by atoms with Gasteiger partial charge < -0.3 is 10.4 Å². The predicted molar refractivity (Wildman–Crippen MR) is 69.1 cm³/mol. The first-order valence-corrected chi connectivity index (χ1v) is 5.51. The first-order chi connectivity index (χ1) is 9.47. The topological polar surface area (TPSA) is 92.5 Å². The van der Waals surface area contributed by atoms with Crippen molar-refractivity contribution in [2.45, 2.75) is 0 Å². The Balaban J connectivity index is 2.24. The van der Waals surface area contributed by atoms with Crippen molar-refractivity contribution in [1.82, 2.24) is 0 Å². The van der Waals surface area contributed by atoms with Gasteiger partial charge in [-0.2, -0.15) is 0 Å². The van der Waals surface area contributed by atoms with E-state index >= 15 is 0 Å². The van der Waals surface area contributed by atoms with Crippen LogP contribution in [0.5, 0.6) is 5.75 Å². The number of amides is 1. The van der Waals surface area contributed by atoms with E-state index in [-0.39, 0.29) is 22.7 Å². The lowest BCUT2D eigenvalue weighted by molar-refractivity contribution is -0.384. The number of rotatable bonds is 3. The van der Waals surface area contributed by atoms with Crippen LogP contribution in [0, 0.1) is 15.9 Å². The Hall–Kier alpha value is -2.96. The summed E-state index contributed by atoms with van der Waals surface area (Å²) in [5, 5.41) is 21.9. The highest BCUT2D eigenvalue weighted by atomic mass is 19.1. The van der Waals surface area contributed by atoms with Crippen LogP contribution in [0.15, 0.2) is 42.5 Å². The van der Waals surface area contributed by atoms with E-state index in [9.17, 15) is 19.3 Å². The van der Waals surface area contributed by atoms with Crippen molar-refractivity contribution >= 4 is 17.3 Å². The second-order valence-corrected chi connectivity index (χ2v) is 3.93. The molecule has 0 radical (unpaired) electrons. The van der Waals surface area contributed by atoms with E-state index in [0.29, 0.717) is 0 Å². The molecular weight excluding hydrogens is 267 g/mol. The molecule has 0 saturated heterocycles. The maximum Gasteiger partial charge on any atom is 0.270 e. The van der Waals surface area contributed by atoms with Gasteiger partial charge in [0.15, 0.2) is 0 Å². The number of nitrogens with zero attached hydrogens (tertiary/aromatic N) is 1. The van der Waals surface area contributed by atoms with Gasteiger partial charge in [0.2, 0.25) is 0 Å². The number of phenolic OH excluding ortho intramolecular Hbond substituents is 1. The Kier molecular flexibility index (Phi) is 3.60. The molecule has 0 unspecified atom stereocenters. The number of nitro groups is 1. The number of non-ortho nitro benzene ring substituents is 1. The number of aromatic hydroxyl groups is 1. The van der Waals surface area contributed by atoms with Crippen LogP contribution in [0.3, 0.4) is 0 Å². The van der Waals surface area contributed by atoms with E-state index in [2.05, 4.69) is 5.32 Å². The maximum atomic E-state index is 13.5. The van der Waals surface area contributed by atoms with Crippen molar-refractivity contribution in [2.75, 3.05) is 5.32 Å². The van der Waals surface area contributed by atoms with Crippen LogP contribution in [0.2, 0.25) is 0 Å². The third-order valence-electron chi connectivity index (χ3n) is 2.52. The fourth-order valence-corrected chi connectivity index (χ4v) is 1.56. The van der Waals surface area contributed by atoms with Crippen LogP contribution in [0.25, 0.3) is 0 Å². The summed E-state index contributed by atoms with van der Waals surface area (Å²) in [5.74, 6) is -1.75. The van der Waals surface area contributed by atoms with Gasteiger partial charge in [-0.25, -0.2) is 4.39 Å². The smallest absolute Gasteiger partial charge is 0.270 e. The van der Waals surface area contributed by atoms with E-state index in [1.54, 1.807) is 0 Å². The van der Waals surface area contributed by atoms with Gasteiger partial charge in [0.25, 0.3) is 11.6 Å². The molecule has 0 atom stereocenters. The van der Waals surface area contributed by atoms with E-state index in [0.717, 1.165) is 12.1 Å². The molecule has 0 aromatic heterocycles. The van der Waals surface area contributed by atoms with Crippen molar-refractivity contribution in [3.63, 3.8) is 0 Å². The number of hydrogen-bond acceptors (Lipinski definition) is 4. The molecule has 6 nitrogen and oxygen atoms in total. The number of benzene rings is 2. The average Bonchev–Trinajstić information content (AvgIpc) is 2.42. The molecule has 1 amide bonds. The number of nitrogens with one attached hydrogen (secondary N) is 1. The molecule has 0 aliphatic heterocycles. The molecule has 0 aliphatic rings. The van der Waals surface area contributed by atoms with Crippen molar-refractivity contribution < 1.29 is 19.2 Å². The number of halogens is 1. The van der Waals surface area contributed by atoms with Crippen LogP contribution < -0.4 is 5.32 Å². The quantitative estimate of drug-likeness (QED) is 0.512. The minimum atomic E-state index is -0.802. The summed E-state index contributed by atoms with van der Waals surface area (Å²) in [4.78, 5) is 21.8. The largest absolute Gasteiger partial charge is 0.508 e. The van der Waals surface area contributed by atoms with Crippen molar-refractivity contribution in [1.29, 1.82) is 0 Å². The Labute approximate surface area is 112 Å². The number of nitro benzene ring substituents is 1. The first-order valence-electron chi connectivity index (χ1n) is 5.51. The second kappa shape index (κ2) is 5.35. The summed E-state index contributed by atoms with van der Waals surface area (Å²) in [6, 6.07) is 8.33. The van der Waals surface area contributed by atoms with E-state index in [1.165, 1.54) is 30.3 Å². The van der Waals surface area contributed by atoms with Crippen LogP contribution in [0.4, 0.5) is 15.8 Å². The third kappa shape index (κ3) is 2.89. The summed E-state index contributed by atoms with van der Waals surface area (Å²) < 4.78 is 13.5. The lowest BCUT2D eigenvalue weighted by atomic mass is 10.2. The van der Waals surface area contributed by atoms with Gasteiger partial charge in [-0.15, -0.1) is 0 Å². The summed E-state index contributed by atoms with van der Waals surface area (Å²) in [5.41, 5.74) is -0.324. The number of phenols is 1. The summed E-state index contributed by atoms with van der Waals surface area (Å²) >= 11 is 0. The summed E-state index contributed by atoms with van der Waals surface area (Å²) in [6.45, 7) is 0. The minimum Gasteiger partial charge on any atom is -0.508 e. The zero-order chi connectivity index (χ0) is 14.7. The molecule has 2 rings (SSSR count). The Morgan fingerprint density at radius 1 is 1.25 bits per heavy atom. The molecule has 102 valence electrons. The molecule has 0 bridgehead atoms. The number of hydrogen-bond donors (Lipinski definition) is 2. The highest BCUT2D eigenvalue weighted by molar-refractivity contribution is 6.04. The molecule has 2 aromatic carbocycles. The van der Waals surface area contributed by atoms with Gasteiger partial charge in [-0.3, -0.25) is 14.9 Å². The molecule has 7 heteroatoms. The molecular formula is C13H9FN2O4. The fourth-order valence-electron chi connectivity index (χ4n) is 1.56. The zero-order valence-corrected chi connectivity index (χ0v) is 10.0. The highest BCUT2D eigenvalue weighted by Gasteiger charge is 2.13. The zero-order valence-electron chi connectivity index (χ0n) is 10.0. The Morgan fingerprint density at radius 3 is 2.65 bits per heavy atom. The number of carbonyl (C=O) groups is 1. The SMILES string of the molecule is O=C(Nc1ccc(O)cc1F)c1cccc([N+](=O)[O-])c1. The lowest BCUT2D eigenvalue weighted by Crippen LogP contribution is -2.13. The van der Waals surface area contributed by atoms with Crippen LogP contribution in [0.1, 0.15) is 10.4 Å². The summed E-state index contributed by atoms with van der Waals surface area (Å²) in [6.07, 6.45) is 0. The molecule has 0 fully saturated rings. The molecule has 2 N–H and O–H groups in total. The maximum absolute atomic E-state index is 13.5. The van der Waals surface area contributed by atoms with E-state index in [4.69, 9.17) is 5.11 Å². The van der Waals surface area contributed by atoms with E-state index in [1.807, 2.05) is 0 Å². The minimum absolute atomic E-state index is 0.0340. The molecule has 0 saturated carbocycles. The molecule has 0 spiro atoms. The third-order valence-corrected chi connectivity index (χ3v) is 2.52. The van der Waals surface area contributed by atoms with Gasteiger partial charge in [-0.1, -0.05) is 6.07 Å². The van der Waals surface area contributed by atoms with Crippen LogP contribution in [-0.2, 0) is 0 Å². The molecule has 2 aromatic rings. The molecule has 0 aliphatic carbocycles. The molecule has 20 heavy (non-hydrogen) atoms. The van der Waals surface area contributed by atoms with Crippen LogP contribution >= 0.6 is 0 Å². The first kappa shape index (κ1) is 13.5. The van der Waals surface area contributed by atoms with Crippen LogP contribution in [-0.4, -0.2) is 15.9 Å². The lowest BCUT2D eigenvalue weighted by Gasteiger charge is -2.06. The van der Waals surface area contributed by atoms with Gasteiger partial charge in [0.05, 0.1) is 10.6 Å². The summed E-state index contributed by atoms with van der Waals surface area (Å²) in [7, 11) is 0. The average molecular weight is 276 g/mol. The normalized spacial score (nSPS) is 10.1. The highest BCUT2D eigenvalue weighted by Crippen LogP contribution is 2.21. The number of carbonyl (C=O) groups excluding carboxylic acids is 1.